The van der Waals surface area contributed by atoms with E-state index in [-0.39, 0.29) is 5.04 Å². The van der Waals surface area contributed by atoms with Crippen molar-refractivity contribution in [2.45, 2.75) is 123 Å². The average Bonchev–Trinajstić information content (AvgIpc) is 3.23. The Bertz CT molecular complexity index is 1100. The van der Waals surface area contributed by atoms with Gasteiger partial charge in [0.25, 0.3) is 8.32 Å². The molecule has 0 amide bonds. The summed E-state index contributed by atoms with van der Waals surface area (Å²) in [6.07, 6.45) is 19.3. The Hall–Kier alpha value is -1.70. The van der Waals surface area contributed by atoms with E-state index in [0.29, 0.717) is 106 Å². The highest BCUT2D eigenvalue weighted by atomic mass is 28.4. The van der Waals surface area contributed by atoms with Gasteiger partial charge in [-0.3, -0.25) is 0 Å². The van der Waals surface area contributed by atoms with Crippen LogP contribution in [0.2, 0.25) is 5.04 Å². The quantitative estimate of drug-likeness (QED) is 0.0481. The van der Waals surface area contributed by atoms with Crippen LogP contribution in [0.3, 0.4) is 0 Å². The fourth-order valence-electron chi connectivity index (χ4n) is 7.06. The lowest BCUT2D eigenvalue weighted by atomic mass is 10.0. The monoisotopic (exact) mass is 833 g/mol. The maximum absolute atomic E-state index is 6.86. The standard InChI is InChI=1S/C48H84O9Si/c1-5-6-7-8-9-10-11-12-13-14-15-16-17-24-29-49-30-31-50-32-33-51-34-35-52-36-37-53-38-39-54-40-41-55-42-43-56-44-45-57-58(48(2,3)4,46-25-20-18-21-26-46)47-27-22-19-23-28-47/h18-23,25-28H,5-17,24,29-45H2,1-4H3. The van der Waals surface area contributed by atoms with Crippen LogP contribution in [0.15, 0.2) is 60.7 Å². The molecule has 10 heteroatoms. The lowest BCUT2D eigenvalue weighted by molar-refractivity contribution is -0.0237. The predicted octanol–water partition coefficient (Wildman–Crippen LogP) is 9.18. The van der Waals surface area contributed by atoms with Crippen molar-refractivity contribution in [3.8, 4) is 0 Å². The normalized spacial score (nSPS) is 12.1. The highest BCUT2D eigenvalue weighted by Gasteiger charge is 2.50. The molecule has 0 radical (unpaired) electrons. The van der Waals surface area contributed by atoms with Crippen molar-refractivity contribution < 1.29 is 42.3 Å². The van der Waals surface area contributed by atoms with Gasteiger partial charge in [-0.2, -0.15) is 0 Å². The van der Waals surface area contributed by atoms with E-state index in [0.717, 1.165) is 13.0 Å². The second-order valence-electron chi connectivity index (χ2n) is 16.0. The molecular weight excluding hydrogens is 749 g/mol. The Labute approximate surface area is 355 Å². The lowest BCUT2D eigenvalue weighted by Gasteiger charge is -2.43. The number of hydrogen-bond donors (Lipinski definition) is 0. The molecule has 0 aliphatic heterocycles. The van der Waals surface area contributed by atoms with Crippen LogP contribution in [0.4, 0.5) is 0 Å². The first-order valence-corrected chi connectivity index (χ1v) is 24.8. The Kier molecular flexibility index (Phi) is 33.5. The van der Waals surface area contributed by atoms with Crippen molar-refractivity contribution in [1.29, 1.82) is 0 Å². The van der Waals surface area contributed by atoms with Gasteiger partial charge in [-0.25, -0.2) is 0 Å². The van der Waals surface area contributed by atoms with Gasteiger partial charge in [-0.05, 0) is 21.8 Å². The van der Waals surface area contributed by atoms with Gasteiger partial charge < -0.3 is 42.3 Å². The Morgan fingerprint density at radius 1 is 0.328 bits per heavy atom. The molecule has 0 unspecified atom stereocenters. The van der Waals surface area contributed by atoms with E-state index in [2.05, 4.69) is 88.4 Å². The highest BCUT2D eigenvalue weighted by molar-refractivity contribution is 6.99. The molecule has 0 aliphatic rings. The molecule has 334 valence electrons. The maximum atomic E-state index is 6.86. The zero-order chi connectivity index (χ0) is 41.5. The molecule has 0 aromatic heterocycles. The van der Waals surface area contributed by atoms with E-state index in [9.17, 15) is 0 Å². The average molecular weight is 833 g/mol. The molecule has 2 aromatic carbocycles. The summed E-state index contributed by atoms with van der Waals surface area (Å²) in [5.74, 6) is 0. The minimum atomic E-state index is -2.53. The van der Waals surface area contributed by atoms with Gasteiger partial charge in [0.05, 0.1) is 106 Å². The van der Waals surface area contributed by atoms with Crippen LogP contribution in [0.1, 0.15) is 118 Å². The van der Waals surface area contributed by atoms with Crippen LogP contribution < -0.4 is 10.4 Å². The summed E-state index contributed by atoms with van der Waals surface area (Å²) in [4.78, 5) is 0. The molecular formula is C48H84O9Si. The fourth-order valence-corrected chi connectivity index (χ4v) is 11.6. The summed E-state index contributed by atoms with van der Waals surface area (Å²) in [5.41, 5.74) is 0. The Morgan fingerprint density at radius 2 is 0.586 bits per heavy atom. The number of benzene rings is 2. The van der Waals surface area contributed by atoms with Crippen molar-refractivity contribution >= 4 is 18.7 Å². The molecule has 0 fully saturated rings. The summed E-state index contributed by atoms with van der Waals surface area (Å²) < 4.78 is 52.0. The zero-order valence-electron chi connectivity index (χ0n) is 37.4. The third-order valence-corrected chi connectivity index (χ3v) is 15.3. The van der Waals surface area contributed by atoms with Crippen LogP contribution in [0.25, 0.3) is 0 Å². The minimum absolute atomic E-state index is 0.0508. The molecule has 0 bridgehead atoms. The van der Waals surface area contributed by atoms with E-state index < -0.39 is 8.32 Å². The minimum Gasteiger partial charge on any atom is -0.405 e. The largest absolute Gasteiger partial charge is 0.405 e. The van der Waals surface area contributed by atoms with Crippen LogP contribution in [-0.2, 0) is 42.3 Å². The van der Waals surface area contributed by atoms with Crippen molar-refractivity contribution in [2.75, 3.05) is 112 Å². The van der Waals surface area contributed by atoms with Crippen molar-refractivity contribution in [3.63, 3.8) is 0 Å². The molecule has 2 rings (SSSR count). The molecule has 0 aliphatic carbocycles. The maximum Gasteiger partial charge on any atom is 0.261 e. The number of rotatable bonds is 42. The van der Waals surface area contributed by atoms with Crippen molar-refractivity contribution in [2.24, 2.45) is 0 Å². The lowest BCUT2D eigenvalue weighted by Crippen LogP contribution is -2.66. The zero-order valence-corrected chi connectivity index (χ0v) is 38.4. The molecule has 0 N–H and O–H groups in total. The van der Waals surface area contributed by atoms with E-state index in [1.165, 1.54) is 93.8 Å². The summed E-state index contributed by atoms with van der Waals surface area (Å²) in [6, 6.07) is 21.4. The molecule has 0 atom stereocenters. The number of hydrogen-bond acceptors (Lipinski definition) is 9. The third-order valence-electron chi connectivity index (χ3n) is 10.2. The highest BCUT2D eigenvalue weighted by Crippen LogP contribution is 2.36. The fraction of sp³-hybridized carbons (Fsp3) is 0.750. The SMILES string of the molecule is CCCCCCCCCCCCCCCCOCCOCCOCCOCCOCCOCCOCCOCCO[Si](c1ccccc1)(c1ccccc1)C(C)(C)C. The first-order valence-electron chi connectivity index (χ1n) is 22.9. The van der Waals surface area contributed by atoms with Crippen LogP contribution in [0, 0.1) is 0 Å². The smallest absolute Gasteiger partial charge is 0.261 e. The molecule has 9 nitrogen and oxygen atoms in total. The molecule has 0 spiro atoms. The summed E-state index contributed by atoms with van der Waals surface area (Å²) >= 11 is 0. The van der Waals surface area contributed by atoms with E-state index in [4.69, 9.17) is 42.3 Å². The third kappa shape index (κ3) is 25.8. The van der Waals surface area contributed by atoms with Crippen molar-refractivity contribution in [3.05, 3.63) is 60.7 Å². The number of unbranched alkanes of at least 4 members (excludes halogenated alkanes) is 13. The van der Waals surface area contributed by atoms with Crippen LogP contribution >= 0.6 is 0 Å². The molecule has 0 heterocycles. The van der Waals surface area contributed by atoms with Gasteiger partial charge in [0.15, 0.2) is 0 Å². The summed E-state index contributed by atoms with van der Waals surface area (Å²) in [5, 5.41) is 2.50. The second kappa shape index (κ2) is 37.1. The van der Waals surface area contributed by atoms with Gasteiger partial charge in [0, 0.05) is 6.61 Å². The first-order chi connectivity index (χ1) is 28.5. The van der Waals surface area contributed by atoms with Gasteiger partial charge in [0.1, 0.15) is 0 Å². The Morgan fingerprint density at radius 3 is 0.879 bits per heavy atom. The van der Waals surface area contributed by atoms with Gasteiger partial charge in [-0.1, -0.05) is 172 Å². The van der Waals surface area contributed by atoms with Crippen molar-refractivity contribution in [1.82, 2.24) is 0 Å². The van der Waals surface area contributed by atoms with Gasteiger partial charge >= 0.3 is 0 Å². The summed E-state index contributed by atoms with van der Waals surface area (Å²) in [7, 11) is -2.53. The molecule has 58 heavy (non-hydrogen) atoms. The predicted molar refractivity (Wildman–Crippen MR) is 240 cm³/mol. The summed E-state index contributed by atoms with van der Waals surface area (Å²) in [6.45, 7) is 18.7. The van der Waals surface area contributed by atoms with E-state index in [1.807, 2.05) is 0 Å². The molecule has 0 saturated carbocycles. The molecule has 0 saturated heterocycles. The van der Waals surface area contributed by atoms with Crippen LogP contribution in [0.5, 0.6) is 0 Å². The van der Waals surface area contributed by atoms with E-state index >= 15 is 0 Å². The Balaban J connectivity index is 1.26. The van der Waals surface area contributed by atoms with E-state index in [1.54, 1.807) is 0 Å². The second-order valence-corrected chi connectivity index (χ2v) is 20.3. The first kappa shape index (κ1) is 52.4. The van der Waals surface area contributed by atoms with Gasteiger partial charge in [0.2, 0.25) is 0 Å². The topological polar surface area (TPSA) is 83.1 Å². The number of ether oxygens (including phenoxy) is 8. The van der Waals surface area contributed by atoms with Gasteiger partial charge in [-0.15, -0.1) is 0 Å². The van der Waals surface area contributed by atoms with Crippen LogP contribution in [-0.4, -0.2) is 121 Å². The molecule has 2 aromatic rings.